The predicted molar refractivity (Wildman–Crippen MR) is 72.1 cm³/mol. The van der Waals surface area contributed by atoms with Crippen molar-refractivity contribution in [1.82, 2.24) is 0 Å². The van der Waals surface area contributed by atoms with Gasteiger partial charge in [-0.3, -0.25) is 4.79 Å². The highest BCUT2D eigenvalue weighted by atomic mass is 79.9. The summed E-state index contributed by atoms with van der Waals surface area (Å²) < 4.78 is 0. The Hall–Kier alpha value is -1.56. The van der Waals surface area contributed by atoms with Crippen LogP contribution in [0.15, 0.2) is 18.2 Å². The molecule has 1 saturated heterocycles. The molecule has 0 bridgehead atoms. The highest BCUT2D eigenvalue weighted by molar-refractivity contribution is 9.09. The van der Waals surface area contributed by atoms with E-state index < -0.39 is 5.97 Å². The van der Waals surface area contributed by atoms with E-state index in [1.807, 2.05) is 0 Å². The van der Waals surface area contributed by atoms with Gasteiger partial charge in [0.1, 0.15) is 0 Å². The van der Waals surface area contributed by atoms with E-state index in [-0.39, 0.29) is 23.1 Å². The van der Waals surface area contributed by atoms with Crippen LogP contribution in [0.25, 0.3) is 0 Å². The molecule has 1 aromatic rings. The lowest BCUT2D eigenvalue weighted by molar-refractivity contribution is -0.117. The molecule has 0 spiro atoms. The third-order valence-corrected chi connectivity index (χ3v) is 3.94. The second kappa shape index (κ2) is 4.97. The Bertz CT molecular complexity index is 504. The number of carboxylic acid groups (broad SMARTS) is 1. The van der Waals surface area contributed by atoms with Gasteiger partial charge < -0.3 is 15.7 Å². The highest BCUT2D eigenvalue weighted by Gasteiger charge is 2.31. The Morgan fingerprint density at radius 3 is 2.83 bits per heavy atom. The molecule has 1 fully saturated rings. The quantitative estimate of drug-likeness (QED) is 0.657. The Balaban J connectivity index is 2.37. The second-order valence-corrected chi connectivity index (χ2v) is 4.92. The van der Waals surface area contributed by atoms with Gasteiger partial charge in [0.25, 0.3) is 0 Å². The molecule has 1 aliphatic heterocycles. The van der Waals surface area contributed by atoms with Crippen molar-refractivity contribution in [2.75, 3.05) is 22.5 Å². The van der Waals surface area contributed by atoms with Gasteiger partial charge in [0.15, 0.2) is 0 Å². The van der Waals surface area contributed by atoms with Crippen LogP contribution in [-0.2, 0) is 4.79 Å². The molecule has 1 aromatic carbocycles. The van der Waals surface area contributed by atoms with Gasteiger partial charge >= 0.3 is 5.97 Å². The first-order valence-corrected chi connectivity index (χ1v) is 6.65. The normalized spacial score (nSPS) is 19.3. The summed E-state index contributed by atoms with van der Waals surface area (Å²) in [5.74, 6) is -0.864. The number of nitrogens with two attached hydrogens (primary N) is 1. The van der Waals surface area contributed by atoms with Crippen molar-refractivity contribution in [3.05, 3.63) is 23.8 Å². The summed E-state index contributed by atoms with van der Waals surface area (Å²) in [6, 6.07) is 4.71. The fourth-order valence-corrected chi connectivity index (χ4v) is 2.53. The van der Waals surface area contributed by atoms with Crippen LogP contribution in [0, 0.1) is 5.92 Å². The first-order chi connectivity index (χ1) is 8.54. The zero-order valence-electron chi connectivity index (χ0n) is 9.60. The number of amides is 1. The van der Waals surface area contributed by atoms with E-state index in [0.717, 1.165) is 5.33 Å². The molecule has 0 aromatic heterocycles. The van der Waals surface area contributed by atoms with E-state index in [2.05, 4.69) is 15.9 Å². The lowest BCUT2D eigenvalue weighted by Gasteiger charge is -2.19. The van der Waals surface area contributed by atoms with Crippen LogP contribution in [0.3, 0.4) is 0 Å². The van der Waals surface area contributed by atoms with Crippen molar-refractivity contribution >= 4 is 39.2 Å². The molecule has 1 heterocycles. The number of para-hydroxylation sites is 1. The number of rotatable bonds is 3. The Kier molecular flexibility index (Phi) is 3.56. The number of carbonyl (C=O) groups is 2. The maximum atomic E-state index is 11.9. The molecule has 5 nitrogen and oxygen atoms in total. The molecule has 1 unspecified atom stereocenters. The number of halogens is 1. The summed E-state index contributed by atoms with van der Waals surface area (Å²) in [7, 11) is 0. The average Bonchev–Trinajstić information content (AvgIpc) is 2.70. The number of anilines is 2. The zero-order valence-corrected chi connectivity index (χ0v) is 11.2. The third kappa shape index (κ3) is 2.20. The van der Waals surface area contributed by atoms with Gasteiger partial charge in [-0.2, -0.15) is 0 Å². The molecule has 0 aliphatic carbocycles. The average molecular weight is 313 g/mol. The summed E-state index contributed by atoms with van der Waals surface area (Å²) in [5, 5.41) is 9.75. The minimum absolute atomic E-state index is 0.0197. The molecule has 1 amide bonds. The van der Waals surface area contributed by atoms with Crippen LogP contribution in [0.2, 0.25) is 0 Å². The van der Waals surface area contributed by atoms with Gasteiger partial charge in [0.05, 0.1) is 16.9 Å². The minimum Gasteiger partial charge on any atom is -0.478 e. The van der Waals surface area contributed by atoms with Crippen LogP contribution in [0.1, 0.15) is 16.8 Å². The van der Waals surface area contributed by atoms with Gasteiger partial charge in [0, 0.05) is 18.3 Å². The molecule has 18 heavy (non-hydrogen) atoms. The van der Waals surface area contributed by atoms with Gasteiger partial charge in [0.2, 0.25) is 5.91 Å². The SMILES string of the molecule is Nc1c(C(=O)O)cccc1N1CC(CBr)CC1=O. The Labute approximate surface area is 113 Å². The lowest BCUT2D eigenvalue weighted by atomic mass is 10.1. The van der Waals surface area contributed by atoms with E-state index in [1.54, 1.807) is 17.0 Å². The molecular formula is C12H13BrN2O3. The lowest BCUT2D eigenvalue weighted by Crippen LogP contribution is -2.26. The predicted octanol–water partition coefficient (Wildman–Crippen LogP) is 1.71. The Morgan fingerprint density at radius 1 is 1.56 bits per heavy atom. The van der Waals surface area contributed by atoms with Crippen LogP contribution in [0.4, 0.5) is 11.4 Å². The molecule has 0 radical (unpaired) electrons. The molecular weight excluding hydrogens is 300 g/mol. The van der Waals surface area contributed by atoms with Crippen LogP contribution < -0.4 is 10.6 Å². The van der Waals surface area contributed by atoms with Gasteiger partial charge in [-0.25, -0.2) is 4.79 Å². The largest absolute Gasteiger partial charge is 0.478 e. The topological polar surface area (TPSA) is 83.6 Å². The summed E-state index contributed by atoms with van der Waals surface area (Å²) in [6.07, 6.45) is 0.460. The van der Waals surface area contributed by atoms with Crippen molar-refractivity contribution in [2.24, 2.45) is 5.92 Å². The number of nitrogen functional groups attached to an aromatic ring is 1. The minimum atomic E-state index is -1.09. The van der Waals surface area contributed by atoms with E-state index in [0.29, 0.717) is 18.7 Å². The fourth-order valence-electron chi connectivity index (χ4n) is 2.09. The fraction of sp³-hybridized carbons (Fsp3) is 0.333. The summed E-state index contributed by atoms with van der Waals surface area (Å²) in [4.78, 5) is 24.4. The first-order valence-electron chi connectivity index (χ1n) is 5.52. The number of alkyl halides is 1. The van der Waals surface area contributed by atoms with Crippen molar-refractivity contribution in [3.8, 4) is 0 Å². The van der Waals surface area contributed by atoms with Crippen molar-refractivity contribution < 1.29 is 14.7 Å². The van der Waals surface area contributed by atoms with Crippen molar-refractivity contribution in [1.29, 1.82) is 0 Å². The van der Waals surface area contributed by atoms with Crippen molar-refractivity contribution in [3.63, 3.8) is 0 Å². The number of carboxylic acids is 1. The van der Waals surface area contributed by atoms with Crippen molar-refractivity contribution in [2.45, 2.75) is 6.42 Å². The third-order valence-electron chi connectivity index (χ3n) is 3.03. The molecule has 1 aliphatic rings. The van der Waals surface area contributed by atoms with E-state index in [4.69, 9.17) is 10.8 Å². The standard InChI is InChI=1S/C12H13BrN2O3/c13-5-7-4-10(16)15(6-7)9-3-1-2-8(11(9)14)12(17)18/h1-3,7H,4-6,14H2,(H,17,18). The van der Waals surface area contributed by atoms with Gasteiger partial charge in [-0.15, -0.1) is 0 Å². The summed E-state index contributed by atoms with van der Waals surface area (Å²) >= 11 is 3.36. The maximum Gasteiger partial charge on any atom is 0.337 e. The number of hydrogen-bond acceptors (Lipinski definition) is 3. The van der Waals surface area contributed by atoms with Gasteiger partial charge in [-0.1, -0.05) is 22.0 Å². The van der Waals surface area contributed by atoms with E-state index in [1.165, 1.54) is 6.07 Å². The van der Waals surface area contributed by atoms with Crippen LogP contribution >= 0.6 is 15.9 Å². The number of nitrogens with zero attached hydrogens (tertiary/aromatic N) is 1. The second-order valence-electron chi connectivity index (χ2n) is 4.27. The molecule has 3 N–H and O–H groups in total. The van der Waals surface area contributed by atoms with Crippen LogP contribution in [-0.4, -0.2) is 28.9 Å². The zero-order chi connectivity index (χ0) is 13.3. The maximum absolute atomic E-state index is 11.9. The molecule has 6 heteroatoms. The summed E-state index contributed by atoms with van der Waals surface area (Å²) in [6.45, 7) is 0.567. The van der Waals surface area contributed by atoms with Crippen LogP contribution in [0.5, 0.6) is 0 Å². The number of hydrogen-bond donors (Lipinski definition) is 2. The molecule has 1 atom stereocenters. The van der Waals surface area contributed by atoms with E-state index in [9.17, 15) is 9.59 Å². The van der Waals surface area contributed by atoms with E-state index >= 15 is 0 Å². The molecule has 0 saturated carbocycles. The smallest absolute Gasteiger partial charge is 0.337 e. The van der Waals surface area contributed by atoms with Gasteiger partial charge in [-0.05, 0) is 18.1 Å². The molecule has 96 valence electrons. The number of benzene rings is 1. The Morgan fingerprint density at radius 2 is 2.28 bits per heavy atom. The number of carbonyl (C=O) groups excluding carboxylic acids is 1. The first kappa shape index (κ1) is 12.9. The highest BCUT2D eigenvalue weighted by Crippen LogP contribution is 2.32. The monoisotopic (exact) mass is 312 g/mol. The molecule has 2 rings (SSSR count). The summed E-state index contributed by atoms with van der Waals surface area (Å²) in [5.41, 5.74) is 6.49. The number of aromatic carboxylic acids is 1.